The summed E-state index contributed by atoms with van der Waals surface area (Å²) in [6, 6.07) is 0.475. The normalized spacial score (nSPS) is 17.4. The molecule has 0 heterocycles. The second kappa shape index (κ2) is 7.34. The fourth-order valence-electron chi connectivity index (χ4n) is 1.82. The van der Waals surface area contributed by atoms with Crippen LogP contribution < -0.4 is 10.0 Å². The van der Waals surface area contributed by atoms with E-state index in [9.17, 15) is 8.42 Å². The summed E-state index contributed by atoms with van der Waals surface area (Å²) in [4.78, 5) is 0. The lowest BCUT2D eigenvalue weighted by Gasteiger charge is -2.25. The van der Waals surface area contributed by atoms with Gasteiger partial charge in [-0.1, -0.05) is 20.3 Å². The first kappa shape index (κ1) is 14.9. The molecular formula is C12H26N2O2S. The summed E-state index contributed by atoms with van der Waals surface area (Å²) in [5.41, 5.74) is 0. The highest BCUT2D eigenvalue weighted by Crippen LogP contribution is 2.25. The van der Waals surface area contributed by atoms with Gasteiger partial charge in [0.25, 0.3) is 0 Å². The SMILES string of the molecule is CC(C)NCCCCS(=O)(=O)NCC1CCC1. The van der Waals surface area contributed by atoms with Gasteiger partial charge >= 0.3 is 0 Å². The van der Waals surface area contributed by atoms with Gasteiger partial charge < -0.3 is 5.32 Å². The quantitative estimate of drug-likeness (QED) is 0.619. The van der Waals surface area contributed by atoms with Gasteiger partial charge in [0.1, 0.15) is 0 Å². The van der Waals surface area contributed by atoms with Crippen LogP contribution in [0.25, 0.3) is 0 Å². The van der Waals surface area contributed by atoms with Gasteiger partial charge in [0, 0.05) is 12.6 Å². The van der Waals surface area contributed by atoms with Crippen molar-refractivity contribution >= 4 is 10.0 Å². The summed E-state index contributed by atoms with van der Waals surface area (Å²) < 4.78 is 26.0. The number of hydrogen-bond acceptors (Lipinski definition) is 3. The average Bonchev–Trinajstić information content (AvgIpc) is 2.13. The average molecular weight is 262 g/mol. The van der Waals surface area contributed by atoms with Crippen LogP contribution in [0.15, 0.2) is 0 Å². The Morgan fingerprint density at radius 3 is 2.47 bits per heavy atom. The van der Waals surface area contributed by atoms with E-state index in [-0.39, 0.29) is 5.75 Å². The van der Waals surface area contributed by atoms with Crippen molar-refractivity contribution in [3.05, 3.63) is 0 Å². The van der Waals surface area contributed by atoms with Crippen LogP contribution in [0.1, 0.15) is 46.0 Å². The van der Waals surface area contributed by atoms with Crippen LogP contribution in [-0.4, -0.2) is 33.3 Å². The van der Waals surface area contributed by atoms with Crippen molar-refractivity contribution in [3.63, 3.8) is 0 Å². The van der Waals surface area contributed by atoms with E-state index in [0.717, 1.165) is 19.4 Å². The van der Waals surface area contributed by atoms with Gasteiger partial charge in [0.2, 0.25) is 10.0 Å². The van der Waals surface area contributed by atoms with Crippen molar-refractivity contribution in [2.45, 2.75) is 52.0 Å². The lowest BCUT2D eigenvalue weighted by Crippen LogP contribution is -2.34. The van der Waals surface area contributed by atoms with Gasteiger partial charge in [-0.05, 0) is 38.1 Å². The van der Waals surface area contributed by atoms with Crippen molar-refractivity contribution in [1.82, 2.24) is 10.0 Å². The second-order valence-corrected chi connectivity index (χ2v) is 7.21. The summed E-state index contributed by atoms with van der Waals surface area (Å²) in [7, 11) is -3.03. The molecule has 0 bridgehead atoms. The Bertz CT molecular complexity index is 298. The van der Waals surface area contributed by atoms with Crippen LogP contribution in [0.4, 0.5) is 0 Å². The van der Waals surface area contributed by atoms with Crippen molar-refractivity contribution in [1.29, 1.82) is 0 Å². The predicted octanol–water partition coefficient (Wildman–Crippen LogP) is 1.48. The van der Waals surface area contributed by atoms with Crippen LogP contribution in [-0.2, 0) is 10.0 Å². The summed E-state index contributed by atoms with van der Waals surface area (Å²) in [6.07, 6.45) is 5.27. The zero-order valence-electron chi connectivity index (χ0n) is 11.0. The molecule has 0 aromatic carbocycles. The highest BCUT2D eigenvalue weighted by atomic mass is 32.2. The summed E-state index contributed by atoms with van der Waals surface area (Å²) in [5.74, 6) is 0.854. The van der Waals surface area contributed by atoms with Crippen molar-refractivity contribution < 1.29 is 8.42 Å². The Kier molecular flexibility index (Phi) is 6.44. The third-order valence-electron chi connectivity index (χ3n) is 3.21. The van der Waals surface area contributed by atoms with Crippen LogP contribution in [0, 0.1) is 5.92 Å². The molecule has 0 aromatic rings. The Labute approximate surface area is 106 Å². The lowest BCUT2D eigenvalue weighted by molar-refractivity contribution is 0.316. The number of unbranched alkanes of at least 4 members (excludes halogenated alkanes) is 1. The van der Waals surface area contributed by atoms with Gasteiger partial charge in [0.15, 0.2) is 0 Å². The third kappa shape index (κ3) is 7.01. The molecule has 4 nitrogen and oxygen atoms in total. The van der Waals surface area contributed by atoms with E-state index in [2.05, 4.69) is 23.9 Å². The Morgan fingerprint density at radius 1 is 1.24 bits per heavy atom. The standard InChI is InChI=1S/C12H26N2O2S/c1-11(2)13-8-3-4-9-17(15,16)14-10-12-6-5-7-12/h11-14H,3-10H2,1-2H3. The Hall–Kier alpha value is -0.130. The number of sulfonamides is 1. The zero-order valence-corrected chi connectivity index (χ0v) is 11.9. The van der Waals surface area contributed by atoms with Gasteiger partial charge in [-0.3, -0.25) is 0 Å². The van der Waals surface area contributed by atoms with E-state index in [1.165, 1.54) is 19.3 Å². The third-order valence-corrected chi connectivity index (χ3v) is 4.64. The molecule has 0 aromatic heterocycles. The van der Waals surface area contributed by atoms with Crippen LogP contribution >= 0.6 is 0 Å². The van der Waals surface area contributed by atoms with Crippen LogP contribution in [0.5, 0.6) is 0 Å². The van der Waals surface area contributed by atoms with E-state index in [4.69, 9.17) is 0 Å². The molecular weight excluding hydrogens is 236 g/mol. The summed E-state index contributed by atoms with van der Waals surface area (Å²) >= 11 is 0. The second-order valence-electron chi connectivity index (χ2n) is 5.28. The van der Waals surface area contributed by atoms with Gasteiger partial charge in [-0.25, -0.2) is 13.1 Å². The molecule has 0 saturated heterocycles. The molecule has 5 heteroatoms. The molecule has 1 rings (SSSR count). The molecule has 0 atom stereocenters. The van der Waals surface area contributed by atoms with E-state index in [1.807, 2.05) is 0 Å². The number of hydrogen-bond donors (Lipinski definition) is 2. The van der Waals surface area contributed by atoms with E-state index < -0.39 is 10.0 Å². The molecule has 1 saturated carbocycles. The first-order valence-corrected chi connectivity index (χ1v) is 8.35. The van der Waals surface area contributed by atoms with Crippen LogP contribution in [0.3, 0.4) is 0 Å². The molecule has 1 aliphatic carbocycles. The topological polar surface area (TPSA) is 58.2 Å². The monoisotopic (exact) mass is 262 g/mol. The maximum Gasteiger partial charge on any atom is 0.211 e. The molecule has 1 fully saturated rings. The molecule has 2 N–H and O–H groups in total. The lowest BCUT2D eigenvalue weighted by atomic mass is 9.86. The first-order chi connectivity index (χ1) is 7.99. The first-order valence-electron chi connectivity index (χ1n) is 6.70. The molecule has 0 radical (unpaired) electrons. The minimum absolute atomic E-state index is 0.263. The van der Waals surface area contributed by atoms with Crippen LogP contribution in [0.2, 0.25) is 0 Å². The molecule has 0 aliphatic heterocycles. The molecule has 0 spiro atoms. The van der Waals surface area contributed by atoms with Gasteiger partial charge in [0.05, 0.1) is 5.75 Å². The highest BCUT2D eigenvalue weighted by molar-refractivity contribution is 7.89. The van der Waals surface area contributed by atoms with E-state index in [0.29, 0.717) is 18.5 Å². The maximum atomic E-state index is 11.6. The molecule has 1 aliphatic rings. The highest BCUT2D eigenvalue weighted by Gasteiger charge is 2.19. The molecule has 0 unspecified atom stereocenters. The van der Waals surface area contributed by atoms with Gasteiger partial charge in [-0.15, -0.1) is 0 Å². The Morgan fingerprint density at radius 2 is 1.94 bits per heavy atom. The fourth-order valence-corrected chi connectivity index (χ4v) is 3.04. The zero-order chi connectivity index (χ0) is 12.7. The molecule has 17 heavy (non-hydrogen) atoms. The Balaban J connectivity index is 2.03. The van der Waals surface area contributed by atoms with Crippen molar-refractivity contribution in [2.24, 2.45) is 5.92 Å². The minimum atomic E-state index is -3.03. The van der Waals surface area contributed by atoms with E-state index in [1.54, 1.807) is 0 Å². The van der Waals surface area contributed by atoms with Crippen molar-refractivity contribution in [3.8, 4) is 0 Å². The van der Waals surface area contributed by atoms with Crippen molar-refractivity contribution in [2.75, 3.05) is 18.8 Å². The number of nitrogens with one attached hydrogen (secondary N) is 2. The largest absolute Gasteiger partial charge is 0.315 e. The fraction of sp³-hybridized carbons (Fsp3) is 1.00. The predicted molar refractivity (Wildman–Crippen MR) is 71.5 cm³/mol. The van der Waals surface area contributed by atoms with Gasteiger partial charge in [-0.2, -0.15) is 0 Å². The summed E-state index contributed by atoms with van der Waals surface area (Å²) in [6.45, 7) is 5.73. The molecule has 102 valence electrons. The molecule has 0 amide bonds. The van der Waals surface area contributed by atoms with E-state index >= 15 is 0 Å². The maximum absolute atomic E-state index is 11.6. The minimum Gasteiger partial charge on any atom is -0.315 e. The smallest absolute Gasteiger partial charge is 0.211 e. The summed E-state index contributed by atoms with van der Waals surface area (Å²) in [5, 5.41) is 3.28. The number of rotatable bonds is 9.